The molecule has 2 N–H and O–H groups in total. The summed E-state index contributed by atoms with van der Waals surface area (Å²) in [5, 5.41) is 8.80. The zero-order chi connectivity index (χ0) is 14.3. The van der Waals surface area contributed by atoms with E-state index in [0.29, 0.717) is 11.0 Å². The van der Waals surface area contributed by atoms with Crippen LogP contribution in [0.25, 0.3) is 16.7 Å². The fraction of sp³-hybridized carbons (Fsp3) is 0. The smallest absolute Gasteiger partial charge is 0.338 e. The van der Waals surface area contributed by atoms with Gasteiger partial charge >= 0.3 is 11.7 Å². The Kier molecular flexibility index (Phi) is 2.64. The lowest BCUT2D eigenvalue weighted by Gasteiger charge is -2.05. The predicted octanol–water partition coefficient (Wildman–Crippen LogP) is 2.16. The number of H-pyrrole nitrogens is 1. The Morgan fingerprint density at radius 1 is 1.20 bits per heavy atom. The highest BCUT2D eigenvalue weighted by Crippen LogP contribution is 2.18. The fourth-order valence-corrected chi connectivity index (χ4v) is 2.13. The van der Waals surface area contributed by atoms with E-state index >= 15 is 0 Å². The summed E-state index contributed by atoms with van der Waals surface area (Å²) >= 11 is 0. The molecule has 6 heteroatoms. The maximum Gasteiger partial charge on any atom is 0.338 e. The Morgan fingerprint density at radius 3 is 2.65 bits per heavy atom. The van der Waals surface area contributed by atoms with Gasteiger partial charge in [0.05, 0.1) is 22.3 Å². The number of hydrogen-bond donors (Lipinski definition) is 2. The first kappa shape index (κ1) is 12.2. The molecular formula is C14H9FN2O3. The Morgan fingerprint density at radius 2 is 1.95 bits per heavy atom. The van der Waals surface area contributed by atoms with Gasteiger partial charge in [-0.05, 0) is 30.3 Å². The third kappa shape index (κ3) is 1.78. The number of aromatic carboxylic acids is 1. The molecule has 0 unspecified atom stereocenters. The van der Waals surface area contributed by atoms with Gasteiger partial charge in [-0.15, -0.1) is 0 Å². The molecular weight excluding hydrogens is 263 g/mol. The van der Waals surface area contributed by atoms with Crippen LogP contribution in [0.1, 0.15) is 10.4 Å². The van der Waals surface area contributed by atoms with Crippen LogP contribution in [-0.2, 0) is 0 Å². The zero-order valence-corrected chi connectivity index (χ0v) is 10.1. The standard InChI is InChI=1S/C14H9FN2O3/c15-10-7-8(5-6-9(10)13(18)19)17-12-4-2-1-3-11(12)16-14(17)20/h1-7H,(H,16,20)(H,18,19). The number of para-hydroxylation sites is 2. The molecule has 5 nitrogen and oxygen atoms in total. The van der Waals surface area contributed by atoms with E-state index < -0.39 is 23.0 Å². The molecule has 0 atom stereocenters. The first-order valence-corrected chi connectivity index (χ1v) is 5.81. The number of fused-ring (bicyclic) bond motifs is 1. The second-order valence-corrected chi connectivity index (χ2v) is 4.25. The van der Waals surface area contributed by atoms with Gasteiger partial charge in [-0.25, -0.2) is 14.0 Å². The molecule has 0 saturated heterocycles. The summed E-state index contributed by atoms with van der Waals surface area (Å²) in [6.45, 7) is 0. The number of carbonyl (C=O) groups is 1. The van der Waals surface area contributed by atoms with E-state index in [0.717, 1.165) is 12.1 Å². The summed E-state index contributed by atoms with van der Waals surface area (Å²) in [4.78, 5) is 25.4. The first-order chi connectivity index (χ1) is 9.58. The van der Waals surface area contributed by atoms with Crippen molar-refractivity contribution in [3.8, 4) is 5.69 Å². The maximum absolute atomic E-state index is 13.7. The van der Waals surface area contributed by atoms with E-state index in [1.54, 1.807) is 24.3 Å². The Labute approximate surface area is 111 Å². The van der Waals surface area contributed by atoms with Gasteiger partial charge in [0.15, 0.2) is 0 Å². The molecule has 0 fully saturated rings. The van der Waals surface area contributed by atoms with Crippen LogP contribution in [0.3, 0.4) is 0 Å². The number of aromatic amines is 1. The molecule has 3 rings (SSSR count). The normalized spacial score (nSPS) is 10.8. The van der Waals surface area contributed by atoms with Crippen LogP contribution < -0.4 is 5.69 Å². The van der Waals surface area contributed by atoms with E-state index in [9.17, 15) is 14.0 Å². The summed E-state index contributed by atoms with van der Waals surface area (Å²) in [6, 6.07) is 10.6. The minimum Gasteiger partial charge on any atom is -0.478 e. The number of halogens is 1. The van der Waals surface area contributed by atoms with Gasteiger partial charge in [-0.3, -0.25) is 4.57 Å². The summed E-state index contributed by atoms with van der Waals surface area (Å²) in [7, 11) is 0. The molecule has 0 radical (unpaired) electrons. The Hall–Kier alpha value is -2.89. The molecule has 0 aliphatic carbocycles. The number of hydrogen-bond acceptors (Lipinski definition) is 2. The topological polar surface area (TPSA) is 75.1 Å². The zero-order valence-electron chi connectivity index (χ0n) is 10.1. The summed E-state index contributed by atoms with van der Waals surface area (Å²) in [6.07, 6.45) is 0. The molecule has 0 aliphatic rings. The number of rotatable bonds is 2. The van der Waals surface area contributed by atoms with Crippen LogP contribution in [-0.4, -0.2) is 20.6 Å². The third-order valence-corrected chi connectivity index (χ3v) is 3.03. The van der Waals surface area contributed by atoms with Crippen molar-refractivity contribution in [2.45, 2.75) is 0 Å². The average Bonchev–Trinajstić information content (AvgIpc) is 2.73. The number of aromatic nitrogens is 2. The lowest BCUT2D eigenvalue weighted by molar-refractivity contribution is 0.0692. The number of nitrogens with zero attached hydrogens (tertiary/aromatic N) is 1. The van der Waals surface area contributed by atoms with Gasteiger partial charge in [0, 0.05) is 0 Å². The quantitative estimate of drug-likeness (QED) is 0.750. The van der Waals surface area contributed by atoms with Gasteiger partial charge in [0.25, 0.3) is 0 Å². The summed E-state index contributed by atoms with van der Waals surface area (Å²) in [5.41, 5.74) is 0.658. The highest BCUT2D eigenvalue weighted by atomic mass is 19.1. The molecule has 0 aliphatic heterocycles. The van der Waals surface area contributed by atoms with Crippen molar-refractivity contribution in [3.05, 3.63) is 64.3 Å². The van der Waals surface area contributed by atoms with Crippen molar-refractivity contribution < 1.29 is 14.3 Å². The van der Waals surface area contributed by atoms with E-state index in [-0.39, 0.29) is 5.69 Å². The molecule has 1 aromatic heterocycles. The molecule has 3 aromatic rings. The van der Waals surface area contributed by atoms with Crippen LogP contribution in [0.5, 0.6) is 0 Å². The largest absolute Gasteiger partial charge is 0.478 e. The predicted molar refractivity (Wildman–Crippen MR) is 70.8 cm³/mol. The molecule has 20 heavy (non-hydrogen) atoms. The van der Waals surface area contributed by atoms with Crippen LogP contribution in [0.2, 0.25) is 0 Å². The van der Waals surface area contributed by atoms with Crippen molar-refractivity contribution in [2.75, 3.05) is 0 Å². The molecule has 0 saturated carbocycles. The third-order valence-electron chi connectivity index (χ3n) is 3.03. The monoisotopic (exact) mass is 272 g/mol. The highest BCUT2D eigenvalue weighted by Gasteiger charge is 2.13. The molecule has 1 heterocycles. The molecule has 0 spiro atoms. The molecule has 2 aromatic carbocycles. The Balaban J connectivity index is 2.26. The van der Waals surface area contributed by atoms with E-state index in [1.165, 1.54) is 10.6 Å². The second kappa shape index (κ2) is 4.34. The van der Waals surface area contributed by atoms with Crippen molar-refractivity contribution in [2.24, 2.45) is 0 Å². The number of nitrogens with one attached hydrogen (secondary N) is 1. The minimum absolute atomic E-state index is 0.273. The number of carboxylic acid groups (broad SMARTS) is 1. The summed E-state index contributed by atoms with van der Waals surface area (Å²) in [5.74, 6) is -2.23. The van der Waals surface area contributed by atoms with Crippen LogP contribution in [0.15, 0.2) is 47.3 Å². The van der Waals surface area contributed by atoms with E-state index in [2.05, 4.69) is 4.98 Å². The molecule has 0 bridgehead atoms. The fourth-order valence-electron chi connectivity index (χ4n) is 2.13. The Bertz CT molecular complexity index is 880. The lowest BCUT2D eigenvalue weighted by atomic mass is 10.2. The average molecular weight is 272 g/mol. The van der Waals surface area contributed by atoms with Gasteiger partial charge in [0.1, 0.15) is 5.82 Å². The summed E-state index contributed by atoms with van der Waals surface area (Å²) < 4.78 is 15.0. The first-order valence-electron chi connectivity index (χ1n) is 5.81. The maximum atomic E-state index is 13.7. The minimum atomic E-state index is -1.35. The van der Waals surface area contributed by atoms with Crippen molar-refractivity contribution in [1.82, 2.24) is 9.55 Å². The van der Waals surface area contributed by atoms with Crippen LogP contribution >= 0.6 is 0 Å². The van der Waals surface area contributed by atoms with Crippen molar-refractivity contribution in [3.63, 3.8) is 0 Å². The van der Waals surface area contributed by atoms with E-state index in [1.807, 2.05) is 0 Å². The number of imidazole rings is 1. The van der Waals surface area contributed by atoms with Crippen LogP contribution in [0.4, 0.5) is 4.39 Å². The van der Waals surface area contributed by atoms with Gasteiger partial charge in [0.2, 0.25) is 0 Å². The van der Waals surface area contributed by atoms with Crippen molar-refractivity contribution in [1.29, 1.82) is 0 Å². The SMILES string of the molecule is O=C(O)c1ccc(-n2c(=O)[nH]c3ccccc32)cc1F. The van der Waals surface area contributed by atoms with Gasteiger partial charge in [-0.2, -0.15) is 0 Å². The number of benzene rings is 2. The lowest BCUT2D eigenvalue weighted by Crippen LogP contribution is -2.15. The second-order valence-electron chi connectivity index (χ2n) is 4.25. The van der Waals surface area contributed by atoms with Gasteiger partial charge in [-0.1, -0.05) is 12.1 Å². The van der Waals surface area contributed by atoms with Crippen LogP contribution in [0, 0.1) is 5.82 Å². The van der Waals surface area contributed by atoms with E-state index in [4.69, 9.17) is 5.11 Å². The molecule has 100 valence electrons. The van der Waals surface area contributed by atoms with Crippen molar-refractivity contribution >= 4 is 17.0 Å². The molecule has 0 amide bonds. The highest BCUT2D eigenvalue weighted by molar-refractivity contribution is 5.88. The van der Waals surface area contributed by atoms with Gasteiger partial charge < -0.3 is 10.1 Å². The number of carboxylic acids is 1.